The summed E-state index contributed by atoms with van der Waals surface area (Å²) in [6, 6.07) is 19.7. The maximum absolute atomic E-state index is 12.7. The highest BCUT2D eigenvalue weighted by atomic mass is 16.5. The van der Waals surface area contributed by atoms with Gasteiger partial charge in [0.15, 0.2) is 0 Å². The van der Waals surface area contributed by atoms with Gasteiger partial charge in [0.05, 0.1) is 11.3 Å². The number of esters is 1. The monoisotopic (exact) mass is 414 g/mol. The van der Waals surface area contributed by atoms with Gasteiger partial charge in [-0.05, 0) is 55.0 Å². The maximum atomic E-state index is 12.7. The number of fused-ring (bicyclic) bond motifs is 1. The van der Waals surface area contributed by atoms with Gasteiger partial charge < -0.3 is 14.3 Å². The average molecular weight is 414 g/mol. The first kappa shape index (κ1) is 20.0. The predicted octanol–water partition coefficient (Wildman–Crippen LogP) is 5.58. The molecule has 1 N–H and O–H groups in total. The lowest BCUT2D eigenvalue weighted by molar-refractivity contribution is 0.0475. The fourth-order valence-electron chi connectivity index (χ4n) is 3.04. The number of phenols is 1. The van der Waals surface area contributed by atoms with Gasteiger partial charge in [0.25, 0.3) is 0 Å². The van der Waals surface area contributed by atoms with E-state index in [9.17, 15) is 14.7 Å². The Bertz CT molecular complexity index is 1340. The summed E-state index contributed by atoms with van der Waals surface area (Å²) in [5.41, 5.74) is 2.56. The summed E-state index contributed by atoms with van der Waals surface area (Å²) in [5, 5.41) is 18.3. The Kier molecular flexibility index (Phi) is 5.57. The van der Waals surface area contributed by atoms with E-state index in [1.165, 1.54) is 18.2 Å². The van der Waals surface area contributed by atoms with Gasteiger partial charge in [-0.1, -0.05) is 24.3 Å². The SMILES string of the molecule is Cc1ccc2c(COC(=O)c3ccccc3N=Nc3ccc(O)cc3)cc(=O)oc2c1. The molecule has 4 aromatic rings. The molecule has 0 radical (unpaired) electrons. The van der Waals surface area contributed by atoms with Gasteiger partial charge in [-0.25, -0.2) is 9.59 Å². The van der Waals surface area contributed by atoms with Gasteiger partial charge in [0.2, 0.25) is 0 Å². The van der Waals surface area contributed by atoms with Crippen molar-refractivity contribution >= 4 is 28.3 Å². The number of azo groups is 1. The summed E-state index contributed by atoms with van der Waals surface area (Å²) in [5.74, 6) is -0.464. The summed E-state index contributed by atoms with van der Waals surface area (Å²) in [6.07, 6.45) is 0. The minimum atomic E-state index is -0.589. The molecule has 0 amide bonds. The highest BCUT2D eigenvalue weighted by Crippen LogP contribution is 2.25. The molecule has 0 aliphatic heterocycles. The molecule has 0 saturated carbocycles. The van der Waals surface area contributed by atoms with Crippen LogP contribution in [-0.2, 0) is 11.3 Å². The van der Waals surface area contributed by atoms with Crippen LogP contribution in [0.4, 0.5) is 11.4 Å². The number of nitrogens with zero attached hydrogens (tertiary/aromatic N) is 2. The van der Waals surface area contributed by atoms with E-state index in [2.05, 4.69) is 10.2 Å². The third-order valence-corrected chi connectivity index (χ3v) is 4.59. The Hall–Kier alpha value is -4.26. The lowest BCUT2D eigenvalue weighted by Gasteiger charge is -2.09. The van der Waals surface area contributed by atoms with Crippen molar-refractivity contribution in [2.45, 2.75) is 13.5 Å². The van der Waals surface area contributed by atoms with Crippen LogP contribution >= 0.6 is 0 Å². The van der Waals surface area contributed by atoms with Crippen molar-refractivity contribution in [2.24, 2.45) is 10.2 Å². The number of aryl methyl sites for hydroxylation is 1. The Labute approximate surface area is 177 Å². The number of hydrogen-bond donors (Lipinski definition) is 1. The zero-order chi connectivity index (χ0) is 21.8. The van der Waals surface area contributed by atoms with Gasteiger partial charge >= 0.3 is 11.6 Å². The number of rotatable bonds is 5. The molecule has 0 bridgehead atoms. The van der Waals surface area contributed by atoms with Crippen molar-refractivity contribution in [2.75, 3.05) is 0 Å². The number of carbonyl (C=O) groups is 1. The van der Waals surface area contributed by atoms with Crippen LogP contribution in [0.2, 0.25) is 0 Å². The molecule has 7 heteroatoms. The number of benzene rings is 3. The van der Waals surface area contributed by atoms with Crippen LogP contribution in [0, 0.1) is 6.92 Å². The lowest BCUT2D eigenvalue weighted by Crippen LogP contribution is -2.08. The van der Waals surface area contributed by atoms with Crippen LogP contribution in [0.1, 0.15) is 21.5 Å². The second-order valence-corrected chi connectivity index (χ2v) is 6.90. The number of ether oxygens (including phenoxy) is 1. The second-order valence-electron chi connectivity index (χ2n) is 6.90. The molecule has 3 aromatic carbocycles. The molecule has 0 unspecified atom stereocenters. The number of hydrogen-bond acceptors (Lipinski definition) is 7. The van der Waals surface area contributed by atoms with Gasteiger partial charge in [-0.2, -0.15) is 5.11 Å². The number of aromatic hydroxyl groups is 1. The first-order chi connectivity index (χ1) is 15.0. The van der Waals surface area contributed by atoms with Crippen LogP contribution < -0.4 is 5.63 Å². The summed E-state index contributed by atoms with van der Waals surface area (Å²) in [7, 11) is 0. The molecule has 0 fully saturated rings. The standard InChI is InChI=1S/C24H18N2O5/c1-15-6-11-19-16(13-23(28)31-22(19)12-15)14-30-24(29)20-4-2-3-5-21(20)26-25-17-7-9-18(27)10-8-17/h2-13,27H,14H2,1H3. The van der Waals surface area contributed by atoms with Crippen LogP contribution in [0.3, 0.4) is 0 Å². The van der Waals surface area contributed by atoms with Gasteiger partial charge in [0, 0.05) is 17.0 Å². The normalized spacial score (nSPS) is 11.1. The van der Waals surface area contributed by atoms with Crippen LogP contribution in [0.25, 0.3) is 11.0 Å². The molecule has 0 saturated heterocycles. The fourth-order valence-corrected chi connectivity index (χ4v) is 3.04. The maximum Gasteiger partial charge on any atom is 0.340 e. The quantitative estimate of drug-likeness (QED) is 0.261. The van der Waals surface area contributed by atoms with E-state index in [4.69, 9.17) is 9.15 Å². The van der Waals surface area contributed by atoms with E-state index < -0.39 is 11.6 Å². The molecule has 0 aliphatic carbocycles. The summed E-state index contributed by atoms with van der Waals surface area (Å²) in [6.45, 7) is 1.81. The van der Waals surface area contributed by atoms with Crippen molar-refractivity contribution < 1.29 is 19.1 Å². The van der Waals surface area contributed by atoms with Crippen LogP contribution in [0.5, 0.6) is 5.75 Å². The van der Waals surface area contributed by atoms with Crippen molar-refractivity contribution in [1.82, 2.24) is 0 Å². The Balaban J connectivity index is 1.56. The zero-order valence-corrected chi connectivity index (χ0v) is 16.6. The van der Waals surface area contributed by atoms with Gasteiger partial charge in [-0.15, -0.1) is 5.11 Å². The molecule has 154 valence electrons. The van der Waals surface area contributed by atoms with E-state index in [1.807, 2.05) is 19.1 Å². The molecule has 31 heavy (non-hydrogen) atoms. The largest absolute Gasteiger partial charge is 0.508 e. The van der Waals surface area contributed by atoms with Gasteiger partial charge in [0.1, 0.15) is 23.6 Å². The highest BCUT2D eigenvalue weighted by Gasteiger charge is 2.14. The summed E-state index contributed by atoms with van der Waals surface area (Å²) in [4.78, 5) is 24.6. The average Bonchev–Trinajstić information content (AvgIpc) is 2.76. The van der Waals surface area contributed by atoms with E-state index in [0.29, 0.717) is 27.9 Å². The van der Waals surface area contributed by atoms with Gasteiger partial charge in [-0.3, -0.25) is 0 Å². The Morgan fingerprint density at radius 2 is 1.77 bits per heavy atom. The molecule has 0 spiro atoms. The number of carbonyl (C=O) groups excluding carboxylic acids is 1. The molecule has 0 aliphatic rings. The third-order valence-electron chi connectivity index (χ3n) is 4.59. The minimum absolute atomic E-state index is 0.0898. The Morgan fingerprint density at radius 3 is 2.58 bits per heavy atom. The highest BCUT2D eigenvalue weighted by molar-refractivity contribution is 5.95. The number of phenolic OH excluding ortho intramolecular Hbond substituents is 1. The van der Waals surface area contributed by atoms with Crippen molar-refractivity contribution in [3.63, 3.8) is 0 Å². The fraction of sp³-hybridized carbons (Fsp3) is 0.0833. The van der Waals surface area contributed by atoms with E-state index in [0.717, 1.165) is 5.56 Å². The summed E-state index contributed by atoms with van der Waals surface area (Å²) >= 11 is 0. The predicted molar refractivity (Wildman–Crippen MR) is 115 cm³/mol. The third kappa shape index (κ3) is 4.67. The van der Waals surface area contributed by atoms with Crippen LogP contribution in [-0.4, -0.2) is 11.1 Å². The molecule has 0 atom stereocenters. The Morgan fingerprint density at radius 1 is 1.00 bits per heavy atom. The smallest absolute Gasteiger partial charge is 0.340 e. The van der Waals surface area contributed by atoms with E-state index in [1.54, 1.807) is 42.5 Å². The zero-order valence-electron chi connectivity index (χ0n) is 16.6. The van der Waals surface area contributed by atoms with Crippen molar-refractivity contribution in [1.29, 1.82) is 0 Å². The first-order valence-corrected chi connectivity index (χ1v) is 9.50. The van der Waals surface area contributed by atoms with Crippen molar-refractivity contribution in [3.05, 3.63) is 99.9 Å². The van der Waals surface area contributed by atoms with Crippen LogP contribution in [0.15, 0.2) is 92.2 Å². The first-order valence-electron chi connectivity index (χ1n) is 9.50. The molecular formula is C24H18N2O5. The molecular weight excluding hydrogens is 396 g/mol. The van der Waals surface area contributed by atoms with E-state index in [-0.39, 0.29) is 17.9 Å². The summed E-state index contributed by atoms with van der Waals surface area (Å²) < 4.78 is 10.7. The minimum Gasteiger partial charge on any atom is -0.508 e. The van der Waals surface area contributed by atoms with E-state index >= 15 is 0 Å². The lowest BCUT2D eigenvalue weighted by atomic mass is 10.1. The molecule has 1 aromatic heterocycles. The second kappa shape index (κ2) is 8.62. The van der Waals surface area contributed by atoms with Crippen molar-refractivity contribution in [3.8, 4) is 5.75 Å². The molecule has 1 heterocycles. The molecule has 4 rings (SSSR count). The molecule has 7 nitrogen and oxygen atoms in total. The topological polar surface area (TPSA) is 101 Å².